The molecule has 0 aliphatic heterocycles. The number of carbonyl (C=O) groups is 2. The minimum absolute atomic E-state index is 0.0605. The number of benzene rings is 2. The molecular weight excluding hydrogens is 295 g/mol. The van der Waals surface area contributed by atoms with E-state index >= 15 is 0 Å². The van der Waals surface area contributed by atoms with Crippen LogP contribution in [0.3, 0.4) is 0 Å². The summed E-state index contributed by atoms with van der Waals surface area (Å²) < 4.78 is 13.9. The Kier molecular flexibility index (Phi) is 5.46. The van der Waals surface area contributed by atoms with Gasteiger partial charge in [0.25, 0.3) is 0 Å². The molecule has 2 rings (SSSR count). The summed E-state index contributed by atoms with van der Waals surface area (Å²) in [6.07, 6.45) is 0.106. The Balaban J connectivity index is 1.92. The monoisotopic (exact) mass is 314 g/mol. The number of hydrogen-bond acceptors (Lipinski definition) is 2. The van der Waals surface area contributed by atoms with Gasteiger partial charge in [0.1, 0.15) is 5.82 Å². The highest BCUT2D eigenvalue weighted by atomic mass is 19.1. The molecule has 0 saturated carbocycles. The maximum Gasteiger partial charge on any atom is 0.325 e. The number of rotatable bonds is 4. The largest absolute Gasteiger partial charge is 0.325 e. The third kappa shape index (κ3) is 4.92. The van der Waals surface area contributed by atoms with Crippen LogP contribution in [0.15, 0.2) is 48.5 Å². The Labute approximate surface area is 134 Å². The predicted molar refractivity (Wildman–Crippen MR) is 87.8 cm³/mol. The predicted octanol–water partition coefficient (Wildman–Crippen LogP) is 3.84. The minimum atomic E-state index is -0.678. The first-order valence-corrected chi connectivity index (χ1v) is 7.40. The van der Waals surface area contributed by atoms with Gasteiger partial charge >= 0.3 is 6.03 Å². The van der Waals surface area contributed by atoms with Gasteiger partial charge in [-0.25, -0.2) is 9.18 Å². The molecule has 0 spiro atoms. The molecule has 2 N–H and O–H groups in total. The number of anilines is 1. The quantitative estimate of drug-likeness (QED) is 0.901. The molecule has 2 aromatic carbocycles. The van der Waals surface area contributed by atoms with Gasteiger partial charge in [-0.05, 0) is 29.2 Å². The summed E-state index contributed by atoms with van der Waals surface area (Å²) in [5, 5.41) is 4.68. The summed E-state index contributed by atoms with van der Waals surface area (Å²) in [5.41, 5.74) is 1.69. The maximum atomic E-state index is 13.9. The zero-order valence-corrected chi connectivity index (χ0v) is 13.1. The van der Waals surface area contributed by atoms with Crippen molar-refractivity contribution in [2.75, 3.05) is 5.32 Å². The van der Waals surface area contributed by atoms with Crippen molar-refractivity contribution in [1.82, 2.24) is 5.32 Å². The smallest absolute Gasteiger partial charge is 0.308 e. The van der Waals surface area contributed by atoms with E-state index in [1.165, 1.54) is 6.07 Å². The molecule has 23 heavy (non-hydrogen) atoms. The van der Waals surface area contributed by atoms with Crippen molar-refractivity contribution < 1.29 is 14.0 Å². The van der Waals surface area contributed by atoms with E-state index in [1.54, 1.807) is 24.3 Å². The van der Waals surface area contributed by atoms with Crippen molar-refractivity contribution >= 4 is 17.6 Å². The van der Waals surface area contributed by atoms with Gasteiger partial charge in [-0.15, -0.1) is 0 Å². The van der Waals surface area contributed by atoms with E-state index in [4.69, 9.17) is 0 Å². The van der Waals surface area contributed by atoms with Gasteiger partial charge in [-0.3, -0.25) is 10.1 Å². The molecule has 0 aliphatic rings. The lowest BCUT2D eigenvalue weighted by Gasteiger charge is -2.10. The second-order valence-corrected chi connectivity index (χ2v) is 5.56. The number of halogens is 1. The van der Waals surface area contributed by atoms with E-state index in [0.717, 1.165) is 5.56 Å². The van der Waals surface area contributed by atoms with Gasteiger partial charge in [0.05, 0.1) is 6.42 Å². The van der Waals surface area contributed by atoms with Crippen molar-refractivity contribution in [2.45, 2.75) is 26.2 Å². The van der Waals surface area contributed by atoms with E-state index in [9.17, 15) is 14.0 Å². The molecule has 0 fully saturated rings. The summed E-state index contributed by atoms with van der Waals surface area (Å²) in [7, 11) is 0. The number of imide groups is 1. The highest BCUT2D eigenvalue weighted by molar-refractivity contribution is 6.01. The average molecular weight is 314 g/mol. The SMILES string of the molecule is CC(C)c1ccc(NC(=O)NC(=O)Cc2ccccc2)cc1F. The molecule has 0 bridgehead atoms. The van der Waals surface area contributed by atoms with E-state index in [-0.39, 0.29) is 18.2 Å². The summed E-state index contributed by atoms with van der Waals surface area (Å²) in [4.78, 5) is 23.6. The fraction of sp³-hybridized carbons (Fsp3) is 0.222. The molecule has 0 saturated heterocycles. The van der Waals surface area contributed by atoms with Crippen LogP contribution >= 0.6 is 0 Å². The van der Waals surface area contributed by atoms with Crippen LogP contribution in [0.1, 0.15) is 30.9 Å². The molecule has 0 radical (unpaired) electrons. The van der Waals surface area contributed by atoms with Gasteiger partial charge < -0.3 is 5.32 Å². The molecule has 120 valence electrons. The Bertz CT molecular complexity index is 699. The van der Waals surface area contributed by atoms with Crippen LogP contribution in [0.5, 0.6) is 0 Å². The zero-order valence-electron chi connectivity index (χ0n) is 13.1. The molecular formula is C18H19FN2O2. The van der Waals surface area contributed by atoms with Crippen molar-refractivity contribution in [3.63, 3.8) is 0 Å². The van der Waals surface area contributed by atoms with Crippen LogP contribution in [0, 0.1) is 5.82 Å². The van der Waals surface area contributed by atoms with Crippen molar-refractivity contribution in [1.29, 1.82) is 0 Å². The first kappa shape index (κ1) is 16.7. The summed E-state index contributed by atoms with van der Waals surface area (Å²) in [6, 6.07) is 12.9. The summed E-state index contributed by atoms with van der Waals surface area (Å²) in [5.74, 6) is -0.744. The Morgan fingerprint density at radius 2 is 1.78 bits per heavy atom. The molecule has 2 aromatic rings. The third-order valence-electron chi connectivity index (χ3n) is 3.34. The Morgan fingerprint density at radius 3 is 2.39 bits per heavy atom. The molecule has 3 amide bonds. The summed E-state index contributed by atoms with van der Waals surface area (Å²) >= 11 is 0. The fourth-order valence-electron chi connectivity index (χ4n) is 2.19. The number of amides is 3. The van der Waals surface area contributed by atoms with E-state index in [1.807, 2.05) is 32.0 Å². The van der Waals surface area contributed by atoms with Crippen LogP contribution in [-0.4, -0.2) is 11.9 Å². The van der Waals surface area contributed by atoms with Crippen molar-refractivity contribution in [3.05, 3.63) is 65.5 Å². The van der Waals surface area contributed by atoms with E-state index < -0.39 is 11.9 Å². The van der Waals surface area contributed by atoms with Crippen molar-refractivity contribution in [2.24, 2.45) is 0 Å². The lowest BCUT2D eigenvalue weighted by atomic mass is 10.0. The lowest BCUT2D eigenvalue weighted by Crippen LogP contribution is -2.35. The van der Waals surface area contributed by atoms with E-state index in [0.29, 0.717) is 11.3 Å². The Morgan fingerprint density at radius 1 is 1.09 bits per heavy atom. The van der Waals surface area contributed by atoms with Crippen LogP contribution < -0.4 is 10.6 Å². The highest BCUT2D eigenvalue weighted by Crippen LogP contribution is 2.21. The van der Waals surface area contributed by atoms with Crippen molar-refractivity contribution in [3.8, 4) is 0 Å². The number of hydrogen-bond donors (Lipinski definition) is 2. The van der Waals surface area contributed by atoms with Crippen LogP contribution in [-0.2, 0) is 11.2 Å². The number of nitrogens with one attached hydrogen (secondary N) is 2. The average Bonchev–Trinajstić information content (AvgIpc) is 2.47. The van der Waals surface area contributed by atoms with Crippen LogP contribution in [0.2, 0.25) is 0 Å². The molecule has 4 nitrogen and oxygen atoms in total. The van der Waals surface area contributed by atoms with Gasteiger partial charge in [0, 0.05) is 5.69 Å². The first-order valence-electron chi connectivity index (χ1n) is 7.40. The van der Waals surface area contributed by atoms with Gasteiger partial charge in [-0.1, -0.05) is 50.2 Å². The maximum absolute atomic E-state index is 13.9. The number of urea groups is 1. The molecule has 0 unspecified atom stereocenters. The van der Waals surface area contributed by atoms with Crippen LogP contribution in [0.4, 0.5) is 14.9 Å². The normalized spacial score (nSPS) is 10.4. The molecule has 5 heteroatoms. The number of carbonyl (C=O) groups excluding carboxylic acids is 2. The second kappa shape index (κ2) is 7.54. The topological polar surface area (TPSA) is 58.2 Å². The molecule has 0 heterocycles. The van der Waals surface area contributed by atoms with E-state index in [2.05, 4.69) is 10.6 Å². The lowest BCUT2D eigenvalue weighted by molar-refractivity contribution is -0.119. The zero-order chi connectivity index (χ0) is 16.8. The van der Waals surface area contributed by atoms with Gasteiger partial charge in [-0.2, -0.15) is 0 Å². The minimum Gasteiger partial charge on any atom is -0.308 e. The molecule has 0 atom stereocenters. The fourth-order valence-corrected chi connectivity index (χ4v) is 2.19. The summed E-state index contributed by atoms with van der Waals surface area (Å²) in [6.45, 7) is 3.78. The Hall–Kier alpha value is -2.69. The van der Waals surface area contributed by atoms with Gasteiger partial charge in [0.15, 0.2) is 0 Å². The van der Waals surface area contributed by atoms with Gasteiger partial charge in [0.2, 0.25) is 5.91 Å². The third-order valence-corrected chi connectivity index (χ3v) is 3.34. The highest BCUT2D eigenvalue weighted by Gasteiger charge is 2.11. The van der Waals surface area contributed by atoms with Crippen LogP contribution in [0.25, 0.3) is 0 Å². The molecule has 0 aliphatic carbocycles. The first-order chi connectivity index (χ1) is 11.0. The molecule has 0 aromatic heterocycles. The standard InChI is InChI=1S/C18H19FN2O2/c1-12(2)15-9-8-14(11-16(15)19)20-18(23)21-17(22)10-13-6-4-3-5-7-13/h3-9,11-12H,10H2,1-2H3,(H2,20,21,22,23). The second-order valence-electron chi connectivity index (χ2n) is 5.56.